The average molecular weight is 230 g/mol. The predicted molar refractivity (Wildman–Crippen MR) is 50.6 cm³/mol. The molecule has 0 aliphatic rings. The SMILES string of the molecule is CCOc1cc([CH]O)ccc1Br. The van der Waals surface area contributed by atoms with Crippen molar-refractivity contribution in [2.75, 3.05) is 6.61 Å². The fraction of sp³-hybridized carbons (Fsp3) is 0.222. The first-order chi connectivity index (χ1) is 5.77. The van der Waals surface area contributed by atoms with Gasteiger partial charge in [0.15, 0.2) is 0 Å². The van der Waals surface area contributed by atoms with Gasteiger partial charge in [-0.25, -0.2) is 0 Å². The lowest BCUT2D eigenvalue weighted by molar-refractivity contribution is 0.337. The highest BCUT2D eigenvalue weighted by Crippen LogP contribution is 2.26. The Morgan fingerprint density at radius 3 is 2.92 bits per heavy atom. The molecule has 1 N–H and O–H groups in total. The van der Waals surface area contributed by atoms with Crippen LogP contribution in [0.25, 0.3) is 0 Å². The van der Waals surface area contributed by atoms with Gasteiger partial charge in [0.25, 0.3) is 0 Å². The molecule has 1 radical (unpaired) electrons. The van der Waals surface area contributed by atoms with E-state index in [4.69, 9.17) is 9.84 Å². The summed E-state index contributed by atoms with van der Waals surface area (Å²) < 4.78 is 6.20. The third-order valence-electron chi connectivity index (χ3n) is 1.40. The molecule has 0 aromatic heterocycles. The number of aliphatic hydroxyl groups excluding tert-OH is 1. The van der Waals surface area contributed by atoms with Gasteiger partial charge in [0.2, 0.25) is 0 Å². The van der Waals surface area contributed by atoms with E-state index in [9.17, 15) is 0 Å². The first kappa shape index (κ1) is 9.55. The fourth-order valence-corrected chi connectivity index (χ4v) is 1.23. The van der Waals surface area contributed by atoms with Crippen LogP contribution in [0, 0.1) is 6.61 Å². The highest BCUT2D eigenvalue weighted by Gasteiger charge is 2.00. The molecule has 2 nitrogen and oxygen atoms in total. The molecular weight excluding hydrogens is 220 g/mol. The second-order valence-corrected chi connectivity index (χ2v) is 3.11. The smallest absolute Gasteiger partial charge is 0.133 e. The highest BCUT2D eigenvalue weighted by molar-refractivity contribution is 9.10. The van der Waals surface area contributed by atoms with Gasteiger partial charge in [0, 0.05) is 0 Å². The fourth-order valence-electron chi connectivity index (χ4n) is 0.866. The molecule has 0 amide bonds. The van der Waals surface area contributed by atoms with Crippen molar-refractivity contribution in [1.82, 2.24) is 0 Å². The summed E-state index contributed by atoms with van der Waals surface area (Å²) in [6.45, 7) is 3.59. The van der Waals surface area contributed by atoms with Crippen molar-refractivity contribution in [3.63, 3.8) is 0 Å². The molecular formula is C9H10BrO2. The van der Waals surface area contributed by atoms with E-state index in [-0.39, 0.29) is 0 Å². The van der Waals surface area contributed by atoms with Crippen molar-refractivity contribution in [1.29, 1.82) is 0 Å². The monoisotopic (exact) mass is 229 g/mol. The summed E-state index contributed by atoms with van der Waals surface area (Å²) in [6.07, 6.45) is 0. The van der Waals surface area contributed by atoms with Crippen LogP contribution in [0.4, 0.5) is 0 Å². The molecule has 0 heterocycles. The molecule has 0 unspecified atom stereocenters. The van der Waals surface area contributed by atoms with Gasteiger partial charge < -0.3 is 9.84 Å². The van der Waals surface area contributed by atoms with E-state index in [0.717, 1.165) is 22.4 Å². The van der Waals surface area contributed by atoms with Crippen molar-refractivity contribution >= 4 is 15.9 Å². The topological polar surface area (TPSA) is 29.5 Å². The number of hydrogen-bond donors (Lipinski definition) is 1. The molecule has 3 heteroatoms. The summed E-state index contributed by atoms with van der Waals surface area (Å²) >= 11 is 3.34. The van der Waals surface area contributed by atoms with E-state index in [1.807, 2.05) is 13.0 Å². The van der Waals surface area contributed by atoms with Crippen molar-refractivity contribution in [3.05, 3.63) is 34.8 Å². The standard InChI is InChI=1S/C9H10BrO2/c1-2-12-9-5-7(6-11)3-4-8(9)10/h3-6,11H,2H2,1H3. The Kier molecular flexibility index (Phi) is 3.56. The van der Waals surface area contributed by atoms with Crippen LogP contribution in [0.2, 0.25) is 0 Å². The molecule has 0 atom stereocenters. The van der Waals surface area contributed by atoms with Gasteiger partial charge in [-0.2, -0.15) is 0 Å². The predicted octanol–water partition coefficient (Wildman–Crippen LogP) is 2.73. The van der Waals surface area contributed by atoms with Crippen LogP contribution in [0.15, 0.2) is 22.7 Å². The Labute approximate surface area is 80.3 Å². The summed E-state index contributed by atoms with van der Waals surface area (Å²) in [5.74, 6) is 0.750. The molecule has 0 aliphatic carbocycles. The molecule has 1 aromatic rings. The van der Waals surface area contributed by atoms with Crippen LogP contribution >= 0.6 is 15.9 Å². The molecule has 1 aromatic carbocycles. The third kappa shape index (κ3) is 2.22. The van der Waals surface area contributed by atoms with Crippen LogP contribution < -0.4 is 4.74 Å². The second-order valence-electron chi connectivity index (χ2n) is 2.25. The number of halogens is 1. The minimum atomic E-state index is 0.619. The van der Waals surface area contributed by atoms with Gasteiger partial charge in [-0.3, -0.25) is 0 Å². The minimum absolute atomic E-state index is 0.619. The molecule has 1 rings (SSSR count). The Hall–Kier alpha value is -0.540. The van der Waals surface area contributed by atoms with E-state index in [0.29, 0.717) is 6.61 Å². The van der Waals surface area contributed by atoms with Crippen molar-refractivity contribution < 1.29 is 9.84 Å². The van der Waals surface area contributed by atoms with Crippen molar-refractivity contribution in [2.45, 2.75) is 6.92 Å². The van der Waals surface area contributed by atoms with Crippen LogP contribution in [-0.4, -0.2) is 11.7 Å². The summed E-state index contributed by atoms with van der Waals surface area (Å²) in [5.41, 5.74) is 0.738. The molecule has 0 fully saturated rings. The maximum atomic E-state index is 8.73. The Balaban J connectivity index is 2.91. The molecule has 0 aliphatic heterocycles. The van der Waals surface area contributed by atoms with Crippen LogP contribution in [0.3, 0.4) is 0 Å². The number of benzene rings is 1. The molecule has 0 spiro atoms. The maximum Gasteiger partial charge on any atom is 0.133 e. The normalized spacial score (nSPS) is 9.92. The highest BCUT2D eigenvalue weighted by atomic mass is 79.9. The summed E-state index contributed by atoms with van der Waals surface area (Å²) in [6, 6.07) is 5.41. The van der Waals surface area contributed by atoms with E-state index in [1.165, 1.54) is 0 Å². The first-order valence-corrected chi connectivity index (χ1v) is 4.47. The number of ether oxygens (including phenoxy) is 1. The summed E-state index contributed by atoms with van der Waals surface area (Å²) in [4.78, 5) is 0. The van der Waals surface area contributed by atoms with Gasteiger partial charge in [0.05, 0.1) is 11.1 Å². The minimum Gasteiger partial charge on any atom is -0.493 e. The zero-order valence-electron chi connectivity index (χ0n) is 6.75. The zero-order chi connectivity index (χ0) is 8.97. The molecule has 65 valence electrons. The quantitative estimate of drug-likeness (QED) is 0.864. The summed E-state index contributed by atoms with van der Waals surface area (Å²) in [7, 11) is 0. The molecule has 0 saturated carbocycles. The van der Waals surface area contributed by atoms with Crippen LogP contribution in [-0.2, 0) is 0 Å². The van der Waals surface area contributed by atoms with Crippen molar-refractivity contribution in [2.24, 2.45) is 0 Å². The third-order valence-corrected chi connectivity index (χ3v) is 2.06. The largest absolute Gasteiger partial charge is 0.493 e. The lowest BCUT2D eigenvalue weighted by atomic mass is 10.2. The van der Waals surface area contributed by atoms with Gasteiger partial charge >= 0.3 is 0 Å². The summed E-state index contributed by atoms with van der Waals surface area (Å²) in [5, 5.41) is 8.73. The average Bonchev–Trinajstić information content (AvgIpc) is 2.09. The van der Waals surface area contributed by atoms with Crippen LogP contribution in [0.1, 0.15) is 12.5 Å². The van der Waals surface area contributed by atoms with Gasteiger partial charge in [-0.05, 0) is 40.5 Å². The lowest BCUT2D eigenvalue weighted by Gasteiger charge is -2.06. The van der Waals surface area contributed by atoms with E-state index in [2.05, 4.69) is 15.9 Å². The molecule has 0 saturated heterocycles. The second kappa shape index (κ2) is 4.48. The zero-order valence-corrected chi connectivity index (χ0v) is 8.34. The van der Waals surface area contributed by atoms with E-state index >= 15 is 0 Å². The number of rotatable bonds is 3. The van der Waals surface area contributed by atoms with Gasteiger partial charge in [-0.15, -0.1) is 0 Å². The van der Waals surface area contributed by atoms with Gasteiger partial charge in [-0.1, -0.05) is 6.07 Å². The Bertz CT molecular complexity index is 261. The first-order valence-electron chi connectivity index (χ1n) is 3.67. The van der Waals surface area contributed by atoms with Crippen molar-refractivity contribution in [3.8, 4) is 5.75 Å². The Morgan fingerprint density at radius 1 is 1.58 bits per heavy atom. The van der Waals surface area contributed by atoms with Crippen LogP contribution in [0.5, 0.6) is 5.75 Å². The van der Waals surface area contributed by atoms with Gasteiger partial charge in [0.1, 0.15) is 12.4 Å². The molecule has 0 bridgehead atoms. The van der Waals surface area contributed by atoms with E-state index in [1.54, 1.807) is 12.1 Å². The van der Waals surface area contributed by atoms with E-state index < -0.39 is 0 Å². The lowest BCUT2D eigenvalue weighted by Crippen LogP contribution is -1.93. The molecule has 12 heavy (non-hydrogen) atoms. The number of aliphatic hydroxyl groups is 1. The maximum absolute atomic E-state index is 8.73. The Morgan fingerprint density at radius 2 is 2.33 bits per heavy atom. The number of hydrogen-bond acceptors (Lipinski definition) is 2.